The maximum absolute atomic E-state index is 6.18. The molecule has 0 unspecified atom stereocenters. The number of benzene rings is 1. The second-order valence-corrected chi connectivity index (χ2v) is 5.22. The van der Waals surface area contributed by atoms with Crippen LogP contribution in [-0.2, 0) is 6.42 Å². The van der Waals surface area contributed by atoms with E-state index < -0.39 is 0 Å². The third-order valence-electron chi connectivity index (χ3n) is 3.21. The highest BCUT2D eigenvalue weighted by molar-refractivity contribution is 6.32. The zero-order valence-corrected chi connectivity index (χ0v) is 12.5. The first-order valence-electron chi connectivity index (χ1n) is 6.22. The largest absolute Gasteiger partial charge is 0.454 e. The van der Waals surface area contributed by atoms with Gasteiger partial charge >= 0.3 is 0 Å². The first kappa shape index (κ1) is 13.5. The van der Waals surface area contributed by atoms with Gasteiger partial charge in [-0.2, -0.15) is 0 Å². The highest BCUT2D eigenvalue weighted by Gasteiger charge is 2.20. The van der Waals surface area contributed by atoms with Crippen LogP contribution in [0.1, 0.15) is 18.2 Å². The summed E-state index contributed by atoms with van der Waals surface area (Å²) in [5, 5.41) is 0.939. The van der Waals surface area contributed by atoms with Crippen LogP contribution in [0.15, 0.2) is 12.1 Å². The maximum Gasteiger partial charge on any atom is 0.231 e. The summed E-state index contributed by atoms with van der Waals surface area (Å²) in [4.78, 5) is 8.86. The number of aromatic nitrogens is 2. The summed E-state index contributed by atoms with van der Waals surface area (Å²) in [6, 6.07) is 3.57. The second kappa shape index (κ2) is 5.11. The molecule has 1 aromatic carbocycles. The smallest absolute Gasteiger partial charge is 0.231 e. The molecule has 0 amide bonds. The Hall–Kier alpha value is -1.52. The van der Waals surface area contributed by atoms with Gasteiger partial charge in [0.25, 0.3) is 0 Å². The molecular formula is C14H12Cl2N2O2. The van der Waals surface area contributed by atoms with Gasteiger partial charge in [0.1, 0.15) is 5.15 Å². The lowest BCUT2D eigenvalue weighted by Gasteiger charge is -2.09. The topological polar surface area (TPSA) is 44.2 Å². The zero-order chi connectivity index (χ0) is 14.3. The minimum absolute atomic E-state index is 0.175. The number of hydrogen-bond donors (Lipinski definition) is 0. The molecule has 1 aliphatic rings. The molecule has 20 heavy (non-hydrogen) atoms. The number of halogens is 2. The average Bonchev–Trinajstić information content (AvgIpc) is 2.90. The lowest BCUT2D eigenvalue weighted by atomic mass is 10.1. The number of nitrogens with zero attached hydrogens (tertiary/aromatic N) is 2. The summed E-state index contributed by atoms with van der Waals surface area (Å²) >= 11 is 12.3. The van der Waals surface area contributed by atoms with Crippen LogP contribution in [0.3, 0.4) is 0 Å². The van der Waals surface area contributed by atoms with Gasteiger partial charge in [-0.3, -0.25) is 0 Å². The van der Waals surface area contributed by atoms with E-state index in [0.717, 1.165) is 23.2 Å². The van der Waals surface area contributed by atoms with Gasteiger partial charge in [-0.15, -0.1) is 0 Å². The number of ether oxygens (including phenoxy) is 2. The van der Waals surface area contributed by atoms with Crippen molar-refractivity contribution in [1.82, 2.24) is 9.97 Å². The minimum Gasteiger partial charge on any atom is -0.454 e. The lowest BCUT2D eigenvalue weighted by Crippen LogP contribution is -1.99. The predicted molar refractivity (Wildman–Crippen MR) is 77.7 cm³/mol. The molecule has 6 heteroatoms. The Balaban J connectivity index is 2.14. The van der Waals surface area contributed by atoms with E-state index in [1.165, 1.54) is 0 Å². The second-order valence-electron chi connectivity index (χ2n) is 4.46. The van der Waals surface area contributed by atoms with Crippen LogP contribution in [0.2, 0.25) is 10.2 Å². The SMILES string of the molecule is CCc1nc(-c2cc(Cl)c3c(c2)OCO3)nc(Cl)c1C. The highest BCUT2D eigenvalue weighted by atomic mass is 35.5. The summed E-state index contributed by atoms with van der Waals surface area (Å²) < 4.78 is 10.6. The molecule has 4 nitrogen and oxygen atoms in total. The Bertz CT molecular complexity index is 680. The minimum atomic E-state index is 0.175. The summed E-state index contributed by atoms with van der Waals surface area (Å²) in [6.45, 7) is 4.12. The van der Waals surface area contributed by atoms with Gasteiger partial charge in [-0.1, -0.05) is 30.1 Å². The van der Waals surface area contributed by atoms with Crippen LogP contribution < -0.4 is 9.47 Å². The third kappa shape index (κ3) is 2.19. The number of aryl methyl sites for hydroxylation is 1. The molecule has 0 N–H and O–H groups in total. The van der Waals surface area contributed by atoms with Gasteiger partial charge in [0.05, 0.1) is 5.02 Å². The lowest BCUT2D eigenvalue weighted by molar-refractivity contribution is 0.174. The fourth-order valence-electron chi connectivity index (χ4n) is 2.10. The van der Waals surface area contributed by atoms with Crippen LogP contribution in [0.5, 0.6) is 11.5 Å². The molecule has 0 spiro atoms. The molecule has 0 atom stereocenters. The van der Waals surface area contributed by atoms with E-state index in [0.29, 0.717) is 27.5 Å². The Morgan fingerprint density at radius 3 is 2.75 bits per heavy atom. The molecule has 0 saturated heterocycles. The maximum atomic E-state index is 6.18. The number of rotatable bonds is 2. The Morgan fingerprint density at radius 2 is 2.00 bits per heavy atom. The normalized spacial score (nSPS) is 12.8. The van der Waals surface area contributed by atoms with E-state index >= 15 is 0 Å². The van der Waals surface area contributed by atoms with Crippen molar-refractivity contribution in [2.45, 2.75) is 20.3 Å². The highest BCUT2D eigenvalue weighted by Crippen LogP contribution is 2.42. The molecule has 1 aliphatic heterocycles. The first-order valence-corrected chi connectivity index (χ1v) is 6.98. The molecule has 2 aromatic rings. The van der Waals surface area contributed by atoms with E-state index in [2.05, 4.69) is 9.97 Å². The summed E-state index contributed by atoms with van der Waals surface area (Å²) in [6.07, 6.45) is 0.791. The standard InChI is InChI=1S/C14H12Cl2N2O2/c1-3-10-7(2)13(16)18-14(17-10)8-4-9(15)12-11(5-8)19-6-20-12/h4-5H,3,6H2,1-2H3. The summed E-state index contributed by atoms with van der Waals surface area (Å²) in [5.74, 6) is 1.70. The van der Waals surface area contributed by atoms with Crippen molar-refractivity contribution in [1.29, 1.82) is 0 Å². The van der Waals surface area contributed by atoms with Crippen LogP contribution in [-0.4, -0.2) is 16.8 Å². The summed E-state index contributed by atoms with van der Waals surface area (Å²) in [7, 11) is 0. The van der Waals surface area contributed by atoms with Crippen LogP contribution >= 0.6 is 23.2 Å². The quantitative estimate of drug-likeness (QED) is 0.785. The van der Waals surface area contributed by atoms with Crippen molar-refractivity contribution in [3.05, 3.63) is 33.6 Å². The van der Waals surface area contributed by atoms with Crippen LogP contribution in [0, 0.1) is 6.92 Å². The first-order chi connectivity index (χ1) is 9.60. The van der Waals surface area contributed by atoms with E-state index in [-0.39, 0.29) is 6.79 Å². The molecule has 0 aliphatic carbocycles. The molecule has 2 heterocycles. The fraction of sp³-hybridized carbons (Fsp3) is 0.286. The van der Waals surface area contributed by atoms with Gasteiger partial charge in [0, 0.05) is 16.8 Å². The molecule has 0 fully saturated rings. The van der Waals surface area contributed by atoms with Gasteiger partial charge in [-0.25, -0.2) is 9.97 Å². The van der Waals surface area contributed by atoms with Gasteiger partial charge in [0.2, 0.25) is 6.79 Å². The average molecular weight is 311 g/mol. The Labute approximate surface area is 126 Å². The molecule has 104 valence electrons. The Morgan fingerprint density at radius 1 is 1.20 bits per heavy atom. The predicted octanol–water partition coefficient (Wildman–Crippen LogP) is 4.05. The molecule has 0 bridgehead atoms. The van der Waals surface area contributed by atoms with Crippen molar-refractivity contribution in [2.75, 3.05) is 6.79 Å². The van der Waals surface area contributed by atoms with Crippen molar-refractivity contribution in [3.63, 3.8) is 0 Å². The molecule has 0 saturated carbocycles. The zero-order valence-electron chi connectivity index (χ0n) is 11.0. The van der Waals surface area contributed by atoms with Crippen molar-refractivity contribution < 1.29 is 9.47 Å². The van der Waals surface area contributed by atoms with E-state index in [1.54, 1.807) is 6.07 Å². The number of fused-ring (bicyclic) bond motifs is 1. The third-order valence-corrected chi connectivity index (χ3v) is 3.86. The van der Waals surface area contributed by atoms with Crippen LogP contribution in [0.25, 0.3) is 11.4 Å². The van der Waals surface area contributed by atoms with Gasteiger partial charge in [0.15, 0.2) is 17.3 Å². The van der Waals surface area contributed by atoms with Gasteiger partial charge < -0.3 is 9.47 Å². The van der Waals surface area contributed by atoms with Crippen molar-refractivity contribution in [2.24, 2.45) is 0 Å². The monoisotopic (exact) mass is 310 g/mol. The van der Waals surface area contributed by atoms with Crippen molar-refractivity contribution in [3.8, 4) is 22.9 Å². The fourth-order valence-corrected chi connectivity index (χ4v) is 2.56. The molecule has 1 aromatic heterocycles. The molecule has 3 rings (SSSR count). The number of hydrogen-bond acceptors (Lipinski definition) is 4. The van der Waals surface area contributed by atoms with Crippen molar-refractivity contribution >= 4 is 23.2 Å². The Kier molecular flexibility index (Phi) is 3.44. The van der Waals surface area contributed by atoms with E-state index in [4.69, 9.17) is 32.7 Å². The molecular weight excluding hydrogens is 299 g/mol. The summed E-state index contributed by atoms with van der Waals surface area (Å²) in [5.41, 5.74) is 2.59. The van der Waals surface area contributed by atoms with E-state index in [1.807, 2.05) is 19.9 Å². The van der Waals surface area contributed by atoms with Crippen LogP contribution in [0.4, 0.5) is 0 Å². The van der Waals surface area contributed by atoms with E-state index in [9.17, 15) is 0 Å². The molecule has 0 radical (unpaired) electrons. The van der Waals surface area contributed by atoms with Gasteiger partial charge in [-0.05, 0) is 25.5 Å².